The van der Waals surface area contributed by atoms with Gasteiger partial charge in [-0.25, -0.2) is 9.78 Å². The molecule has 98 valence electrons. The summed E-state index contributed by atoms with van der Waals surface area (Å²) in [6.45, 7) is 7.62. The van der Waals surface area contributed by atoms with Crippen molar-refractivity contribution in [2.75, 3.05) is 0 Å². The van der Waals surface area contributed by atoms with Gasteiger partial charge in [0, 0.05) is 11.0 Å². The van der Waals surface area contributed by atoms with Crippen molar-refractivity contribution in [3.8, 4) is 0 Å². The number of rotatable bonds is 2. The Kier molecular flexibility index (Phi) is 2.48. The van der Waals surface area contributed by atoms with Gasteiger partial charge in [0.1, 0.15) is 11.3 Å². The lowest BCUT2D eigenvalue weighted by Crippen LogP contribution is -2.50. The van der Waals surface area contributed by atoms with Crippen molar-refractivity contribution in [3.63, 3.8) is 0 Å². The Morgan fingerprint density at radius 2 is 1.67 bits per heavy atom. The van der Waals surface area contributed by atoms with Crippen LogP contribution >= 0.6 is 0 Å². The lowest BCUT2D eigenvalue weighted by molar-refractivity contribution is 0.293. The average Bonchev–Trinajstić information content (AvgIpc) is 2.59. The van der Waals surface area contributed by atoms with Gasteiger partial charge in [0.25, 0.3) is 5.56 Å². The zero-order valence-electron chi connectivity index (χ0n) is 10.8. The average molecular weight is 251 g/mol. The van der Waals surface area contributed by atoms with E-state index < -0.39 is 22.2 Å². The van der Waals surface area contributed by atoms with Gasteiger partial charge < -0.3 is 10.7 Å². The molecular formula is C11H17N5O2. The van der Waals surface area contributed by atoms with Crippen LogP contribution in [0.1, 0.15) is 33.5 Å². The smallest absolute Gasteiger partial charge is 0.327 e. The van der Waals surface area contributed by atoms with Crippen molar-refractivity contribution in [3.05, 3.63) is 26.7 Å². The Labute approximate surface area is 103 Å². The fourth-order valence-corrected chi connectivity index (χ4v) is 1.53. The Morgan fingerprint density at radius 1 is 1.06 bits per heavy atom. The molecule has 0 spiro atoms. The van der Waals surface area contributed by atoms with E-state index in [1.54, 1.807) is 0 Å². The van der Waals surface area contributed by atoms with Crippen molar-refractivity contribution < 1.29 is 0 Å². The van der Waals surface area contributed by atoms with Crippen LogP contribution in [0.3, 0.4) is 0 Å². The minimum Gasteiger partial charge on any atom is -0.336 e. The van der Waals surface area contributed by atoms with E-state index in [9.17, 15) is 9.59 Å². The summed E-state index contributed by atoms with van der Waals surface area (Å²) >= 11 is 0. The highest BCUT2D eigenvalue weighted by atomic mass is 16.2. The largest absolute Gasteiger partial charge is 0.336 e. The lowest BCUT2D eigenvalue weighted by Gasteiger charge is -2.36. The third-order valence-electron chi connectivity index (χ3n) is 3.59. The van der Waals surface area contributed by atoms with E-state index in [0.717, 1.165) is 0 Å². The van der Waals surface area contributed by atoms with E-state index >= 15 is 0 Å². The number of nitrogens with two attached hydrogens (primary N) is 1. The topological polar surface area (TPSA) is 120 Å². The molecule has 0 aliphatic heterocycles. The number of nitrogens with one attached hydrogen (secondary N) is 3. The molecule has 0 saturated carbocycles. The molecule has 2 aromatic heterocycles. The maximum Gasteiger partial charge on any atom is 0.327 e. The molecule has 0 radical (unpaired) electrons. The van der Waals surface area contributed by atoms with Crippen molar-refractivity contribution in [2.45, 2.75) is 38.6 Å². The Bertz CT molecular complexity index is 699. The number of hydrogen-bond donors (Lipinski definition) is 4. The maximum atomic E-state index is 11.6. The quantitative estimate of drug-likeness (QED) is 0.598. The zero-order chi connectivity index (χ0) is 13.7. The second-order valence-corrected chi connectivity index (χ2v) is 5.56. The van der Waals surface area contributed by atoms with E-state index in [-0.39, 0.29) is 11.2 Å². The van der Waals surface area contributed by atoms with Crippen LogP contribution in [-0.2, 0) is 5.41 Å². The summed E-state index contributed by atoms with van der Waals surface area (Å²) in [4.78, 5) is 34.6. The van der Waals surface area contributed by atoms with Crippen LogP contribution in [0.5, 0.6) is 0 Å². The van der Waals surface area contributed by atoms with E-state index in [1.165, 1.54) is 0 Å². The summed E-state index contributed by atoms with van der Waals surface area (Å²) in [5.41, 5.74) is 4.54. The SMILES string of the molecule is CC(C)(N)C(C)(C)c1nc2[nH]c(=O)[nH]c(=O)c2[nH]1. The van der Waals surface area contributed by atoms with Crippen LogP contribution in [0, 0.1) is 0 Å². The normalized spacial score (nSPS) is 13.2. The molecule has 0 fully saturated rings. The molecule has 5 N–H and O–H groups in total. The van der Waals surface area contributed by atoms with E-state index in [1.807, 2.05) is 27.7 Å². The first-order valence-corrected chi connectivity index (χ1v) is 5.64. The molecular weight excluding hydrogens is 234 g/mol. The molecule has 0 atom stereocenters. The number of hydrogen-bond acceptors (Lipinski definition) is 4. The fourth-order valence-electron chi connectivity index (χ4n) is 1.53. The van der Waals surface area contributed by atoms with Crippen LogP contribution in [0.4, 0.5) is 0 Å². The predicted octanol–water partition coefficient (Wildman–Crippen LogP) is -0.0456. The molecule has 0 unspecified atom stereocenters. The minimum absolute atomic E-state index is 0.246. The minimum atomic E-state index is -0.574. The second-order valence-electron chi connectivity index (χ2n) is 5.56. The standard InChI is InChI=1S/C11H17N5O2/c1-10(2,11(3,4)12)8-13-5-6(14-8)15-9(18)16-7(5)17/h12H2,1-4H3,(H3,13,14,15,16,17,18). The van der Waals surface area contributed by atoms with Crippen LogP contribution in [-0.4, -0.2) is 25.5 Å². The first-order valence-electron chi connectivity index (χ1n) is 5.64. The third-order valence-corrected chi connectivity index (χ3v) is 3.59. The molecule has 2 heterocycles. The van der Waals surface area contributed by atoms with Gasteiger partial charge in [-0.2, -0.15) is 0 Å². The lowest BCUT2D eigenvalue weighted by atomic mass is 9.74. The fraction of sp³-hybridized carbons (Fsp3) is 0.545. The van der Waals surface area contributed by atoms with Gasteiger partial charge >= 0.3 is 5.69 Å². The number of aromatic amines is 3. The van der Waals surface area contributed by atoms with Crippen molar-refractivity contribution >= 4 is 11.2 Å². The number of nitrogens with zero attached hydrogens (tertiary/aromatic N) is 1. The number of H-pyrrole nitrogens is 3. The Balaban J connectivity index is 2.73. The molecule has 0 bridgehead atoms. The highest BCUT2D eigenvalue weighted by Gasteiger charge is 2.38. The molecule has 7 nitrogen and oxygen atoms in total. The van der Waals surface area contributed by atoms with Crippen molar-refractivity contribution in [1.82, 2.24) is 19.9 Å². The molecule has 0 aromatic carbocycles. The highest BCUT2D eigenvalue weighted by molar-refractivity contribution is 5.69. The molecule has 0 amide bonds. The first kappa shape index (κ1) is 12.6. The second kappa shape index (κ2) is 3.55. The first-order chi connectivity index (χ1) is 8.13. The summed E-state index contributed by atoms with van der Waals surface area (Å²) in [5.74, 6) is 0.567. The summed E-state index contributed by atoms with van der Waals surface area (Å²) in [6.07, 6.45) is 0. The molecule has 2 rings (SSSR count). The summed E-state index contributed by atoms with van der Waals surface area (Å²) < 4.78 is 0. The predicted molar refractivity (Wildman–Crippen MR) is 68.6 cm³/mol. The van der Waals surface area contributed by atoms with Gasteiger partial charge in [0.2, 0.25) is 0 Å². The van der Waals surface area contributed by atoms with E-state index in [2.05, 4.69) is 19.9 Å². The summed E-state index contributed by atoms with van der Waals surface area (Å²) in [6, 6.07) is 0. The van der Waals surface area contributed by atoms with Gasteiger partial charge in [-0.3, -0.25) is 14.8 Å². The van der Waals surface area contributed by atoms with Gasteiger partial charge in [0.15, 0.2) is 5.65 Å². The molecule has 7 heteroatoms. The zero-order valence-corrected chi connectivity index (χ0v) is 10.8. The number of fused-ring (bicyclic) bond motifs is 1. The summed E-state index contributed by atoms with van der Waals surface area (Å²) in [7, 11) is 0. The molecule has 0 saturated heterocycles. The van der Waals surface area contributed by atoms with Gasteiger partial charge in [-0.1, -0.05) is 13.8 Å². The molecule has 0 aliphatic rings. The van der Waals surface area contributed by atoms with E-state index in [4.69, 9.17) is 5.73 Å². The molecule has 2 aromatic rings. The van der Waals surface area contributed by atoms with Crippen LogP contribution in [0.25, 0.3) is 11.2 Å². The van der Waals surface area contributed by atoms with Crippen LogP contribution in [0.2, 0.25) is 0 Å². The molecule has 0 aliphatic carbocycles. The van der Waals surface area contributed by atoms with Crippen LogP contribution in [0.15, 0.2) is 9.59 Å². The van der Waals surface area contributed by atoms with Crippen LogP contribution < -0.4 is 17.0 Å². The van der Waals surface area contributed by atoms with Crippen molar-refractivity contribution in [1.29, 1.82) is 0 Å². The Hall–Kier alpha value is -1.89. The number of imidazole rings is 1. The monoisotopic (exact) mass is 251 g/mol. The summed E-state index contributed by atoms with van der Waals surface area (Å²) in [5, 5.41) is 0. The Morgan fingerprint density at radius 3 is 2.22 bits per heavy atom. The van der Waals surface area contributed by atoms with Gasteiger partial charge in [-0.05, 0) is 13.8 Å². The number of aromatic nitrogens is 4. The molecule has 18 heavy (non-hydrogen) atoms. The van der Waals surface area contributed by atoms with Gasteiger partial charge in [-0.15, -0.1) is 0 Å². The van der Waals surface area contributed by atoms with Crippen molar-refractivity contribution in [2.24, 2.45) is 5.73 Å². The van der Waals surface area contributed by atoms with Gasteiger partial charge in [0.05, 0.1) is 0 Å². The highest BCUT2D eigenvalue weighted by Crippen LogP contribution is 2.31. The maximum absolute atomic E-state index is 11.6. The van der Waals surface area contributed by atoms with E-state index in [0.29, 0.717) is 5.82 Å². The third kappa shape index (κ3) is 1.76.